The van der Waals surface area contributed by atoms with E-state index in [-0.39, 0.29) is 41.2 Å². The predicted octanol–water partition coefficient (Wildman–Crippen LogP) is 3.86. The van der Waals surface area contributed by atoms with Crippen LogP contribution in [0.15, 0.2) is 24.3 Å². The van der Waals surface area contributed by atoms with E-state index in [4.69, 9.17) is 13.9 Å². The van der Waals surface area contributed by atoms with E-state index in [2.05, 4.69) is 32.3 Å². The van der Waals surface area contributed by atoms with Gasteiger partial charge in [-0.2, -0.15) is 0 Å². The highest BCUT2D eigenvalue weighted by Crippen LogP contribution is 2.77. The van der Waals surface area contributed by atoms with Crippen molar-refractivity contribution in [2.75, 3.05) is 7.11 Å². The molecular formula is C23H32O5Si. The van der Waals surface area contributed by atoms with Crippen molar-refractivity contribution in [2.45, 2.75) is 64.0 Å². The quantitative estimate of drug-likeness (QED) is 0.397. The fourth-order valence-corrected chi connectivity index (χ4v) is 8.83. The van der Waals surface area contributed by atoms with Gasteiger partial charge in [-0.15, -0.1) is 0 Å². The Morgan fingerprint density at radius 3 is 2.69 bits per heavy atom. The highest BCUT2D eigenvalue weighted by molar-refractivity contribution is 6.69. The number of hydrogen-bond donors (Lipinski definition) is 0. The first-order valence-corrected chi connectivity index (χ1v) is 14.3. The third-order valence-corrected chi connectivity index (χ3v) is 9.56. The molecule has 0 N–H and O–H groups in total. The molecule has 5 nitrogen and oxygen atoms in total. The molecule has 0 radical (unpaired) electrons. The number of rotatable bonds is 3. The van der Waals surface area contributed by atoms with Crippen LogP contribution in [-0.4, -0.2) is 39.1 Å². The Hall–Kier alpha value is -1.40. The summed E-state index contributed by atoms with van der Waals surface area (Å²) < 4.78 is 18.4. The van der Waals surface area contributed by atoms with Gasteiger partial charge in [0.25, 0.3) is 0 Å². The second kappa shape index (κ2) is 5.64. The fraction of sp³-hybridized carbons (Fsp3) is 0.739. The van der Waals surface area contributed by atoms with Crippen LogP contribution in [0.3, 0.4) is 0 Å². The fourth-order valence-electron chi connectivity index (χ4n) is 7.81. The highest BCUT2D eigenvalue weighted by atomic mass is 28.4. The Bertz CT molecular complexity index is 843. The average Bonchev–Trinajstić information content (AvgIpc) is 3.10. The summed E-state index contributed by atoms with van der Waals surface area (Å²) >= 11 is 0. The molecule has 8 atom stereocenters. The summed E-state index contributed by atoms with van der Waals surface area (Å²) in [5.74, 6) is -0.491. The minimum Gasteiger partial charge on any atom is -0.469 e. The van der Waals surface area contributed by atoms with Gasteiger partial charge in [-0.05, 0) is 63.6 Å². The minimum atomic E-state index is -1.92. The number of carbonyl (C=O) groups is 2. The van der Waals surface area contributed by atoms with Gasteiger partial charge in [0, 0.05) is 11.8 Å². The lowest BCUT2D eigenvalue weighted by Crippen LogP contribution is -2.57. The van der Waals surface area contributed by atoms with E-state index in [1.807, 2.05) is 13.0 Å². The van der Waals surface area contributed by atoms with Crippen molar-refractivity contribution in [3.05, 3.63) is 24.3 Å². The lowest BCUT2D eigenvalue weighted by molar-refractivity contribution is -0.169. The molecule has 0 aromatic heterocycles. The second-order valence-electron chi connectivity index (χ2n) is 11.1. The molecule has 4 aliphatic carbocycles. The normalized spacial score (nSPS) is 49.6. The summed E-state index contributed by atoms with van der Waals surface area (Å²) in [4.78, 5) is 26.5. The van der Waals surface area contributed by atoms with Crippen molar-refractivity contribution in [1.29, 1.82) is 0 Å². The second-order valence-corrected chi connectivity index (χ2v) is 15.6. The van der Waals surface area contributed by atoms with Gasteiger partial charge in [-0.25, -0.2) is 0 Å². The van der Waals surface area contributed by atoms with E-state index >= 15 is 0 Å². The zero-order valence-electron chi connectivity index (χ0n) is 18.1. The molecule has 1 aliphatic heterocycles. The average molecular weight is 417 g/mol. The largest absolute Gasteiger partial charge is 0.469 e. The topological polar surface area (TPSA) is 61.8 Å². The standard InChI is InChI=1S/C23H32O5Si/c1-13-11-22-12-14(13)7-8-15(22)23-16(28-29(4,5)6)9-10-21(2,20(25)27-23)18(23)17(22)19(24)26-3/h9-10,14-18H,1,7-8,11-12H2,2-6H3/t14-,15?,16-,17?,18?,21?,22+,23+/m1/s1. The number of carbonyl (C=O) groups excluding carboxylic acids is 2. The maximum atomic E-state index is 13.3. The Balaban J connectivity index is 1.74. The molecule has 29 heavy (non-hydrogen) atoms. The molecule has 4 unspecified atom stereocenters. The van der Waals surface area contributed by atoms with Gasteiger partial charge in [-0.1, -0.05) is 24.3 Å². The number of hydrogen-bond acceptors (Lipinski definition) is 5. The highest BCUT2D eigenvalue weighted by Gasteiger charge is 2.83. The summed E-state index contributed by atoms with van der Waals surface area (Å²) in [6.45, 7) is 12.8. The van der Waals surface area contributed by atoms with Crippen LogP contribution in [0, 0.1) is 34.5 Å². The molecule has 0 aromatic rings. The third kappa shape index (κ3) is 2.20. The van der Waals surface area contributed by atoms with E-state index in [0.29, 0.717) is 5.92 Å². The van der Waals surface area contributed by atoms with E-state index in [0.717, 1.165) is 25.7 Å². The minimum absolute atomic E-state index is 0.0941. The summed E-state index contributed by atoms with van der Waals surface area (Å²) in [5, 5.41) is 0. The summed E-state index contributed by atoms with van der Waals surface area (Å²) in [6.07, 6.45) is 7.47. The van der Waals surface area contributed by atoms with E-state index < -0.39 is 19.3 Å². The van der Waals surface area contributed by atoms with Crippen molar-refractivity contribution in [3.8, 4) is 0 Å². The van der Waals surface area contributed by atoms with Crippen LogP contribution >= 0.6 is 0 Å². The number of esters is 2. The number of allylic oxidation sites excluding steroid dienone is 1. The molecule has 6 heteroatoms. The summed E-state index contributed by atoms with van der Waals surface area (Å²) in [6, 6.07) is 0. The van der Waals surface area contributed by atoms with Crippen LogP contribution in [0.5, 0.6) is 0 Å². The van der Waals surface area contributed by atoms with Crippen LogP contribution in [0.25, 0.3) is 0 Å². The molecule has 1 heterocycles. The van der Waals surface area contributed by atoms with Gasteiger partial charge in [0.1, 0.15) is 11.7 Å². The monoisotopic (exact) mass is 416 g/mol. The Kier molecular flexibility index (Phi) is 3.80. The van der Waals surface area contributed by atoms with Gasteiger partial charge in [0.15, 0.2) is 8.32 Å². The summed E-state index contributed by atoms with van der Waals surface area (Å²) in [7, 11) is -0.461. The Labute approximate surface area is 174 Å². The van der Waals surface area contributed by atoms with Gasteiger partial charge in [0.05, 0.1) is 18.4 Å². The van der Waals surface area contributed by atoms with Gasteiger partial charge < -0.3 is 13.9 Å². The zero-order valence-corrected chi connectivity index (χ0v) is 19.1. The molecule has 1 spiro atoms. The van der Waals surface area contributed by atoms with E-state index in [1.165, 1.54) is 12.7 Å². The van der Waals surface area contributed by atoms with E-state index in [1.54, 1.807) is 0 Å². The first-order valence-electron chi connectivity index (χ1n) is 10.9. The third-order valence-electron chi connectivity index (χ3n) is 8.59. The molecule has 5 rings (SSSR count). The van der Waals surface area contributed by atoms with Crippen LogP contribution < -0.4 is 0 Å². The SMILES string of the molecule is C=C1C[C@]23C[C@H]1CCC2[C@]12OC(=O)C(C)(C=C[C@H]1O[Si](C)(C)C)C2C3C(=O)OC. The van der Waals surface area contributed by atoms with Gasteiger partial charge >= 0.3 is 11.9 Å². The Morgan fingerprint density at radius 2 is 2.03 bits per heavy atom. The van der Waals surface area contributed by atoms with Gasteiger partial charge in [0.2, 0.25) is 0 Å². The molecule has 1 saturated heterocycles. The molecule has 3 saturated carbocycles. The number of ether oxygens (including phenoxy) is 2. The number of methoxy groups -OCH3 is 1. The molecule has 158 valence electrons. The van der Waals surface area contributed by atoms with Gasteiger partial charge in [-0.3, -0.25) is 9.59 Å². The zero-order chi connectivity index (χ0) is 21.0. The van der Waals surface area contributed by atoms with Crippen LogP contribution in [0.1, 0.15) is 32.6 Å². The number of fused-ring (bicyclic) bond motifs is 1. The Morgan fingerprint density at radius 1 is 1.31 bits per heavy atom. The first kappa shape index (κ1) is 19.6. The van der Waals surface area contributed by atoms with Crippen LogP contribution in [0.2, 0.25) is 19.6 Å². The maximum Gasteiger partial charge on any atom is 0.316 e. The molecule has 0 aromatic carbocycles. The molecular weight excluding hydrogens is 384 g/mol. The lowest BCUT2D eigenvalue weighted by atomic mass is 9.62. The van der Waals surface area contributed by atoms with Crippen molar-refractivity contribution in [1.82, 2.24) is 0 Å². The lowest BCUT2D eigenvalue weighted by Gasteiger charge is -2.47. The van der Waals surface area contributed by atoms with Crippen LogP contribution in [0.4, 0.5) is 0 Å². The molecule has 4 bridgehead atoms. The predicted molar refractivity (Wildman–Crippen MR) is 110 cm³/mol. The van der Waals surface area contributed by atoms with E-state index in [9.17, 15) is 9.59 Å². The van der Waals surface area contributed by atoms with Crippen LogP contribution in [-0.2, 0) is 23.5 Å². The molecule has 0 amide bonds. The van der Waals surface area contributed by atoms with Crippen molar-refractivity contribution in [3.63, 3.8) is 0 Å². The summed E-state index contributed by atoms with van der Waals surface area (Å²) in [5.41, 5.74) is -0.592. The smallest absolute Gasteiger partial charge is 0.316 e. The maximum absolute atomic E-state index is 13.3. The molecule has 5 aliphatic rings. The molecule has 4 fully saturated rings. The van der Waals surface area contributed by atoms with Crippen molar-refractivity contribution < 1.29 is 23.5 Å². The first-order chi connectivity index (χ1) is 13.5. The van der Waals surface area contributed by atoms with Crippen molar-refractivity contribution in [2.24, 2.45) is 34.5 Å². The van der Waals surface area contributed by atoms with Crippen molar-refractivity contribution >= 4 is 20.3 Å².